The maximum Gasteiger partial charge on any atom is 0.350 e. The van der Waals surface area contributed by atoms with E-state index in [1.165, 1.54) is 16.8 Å². The minimum atomic E-state index is -1.48. The van der Waals surface area contributed by atoms with Crippen molar-refractivity contribution in [3.05, 3.63) is 119 Å². The number of halogens is 3. The quantitative estimate of drug-likeness (QED) is 0.128. The van der Waals surface area contributed by atoms with Crippen molar-refractivity contribution in [2.24, 2.45) is 0 Å². The molecule has 0 bridgehead atoms. The van der Waals surface area contributed by atoms with Crippen molar-refractivity contribution in [3.63, 3.8) is 0 Å². The van der Waals surface area contributed by atoms with Crippen LogP contribution in [0.25, 0.3) is 5.69 Å². The predicted octanol–water partition coefficient (Wildman–Crippen LogP) is 5.49. The summed E-state index contributed by atoms with van der Waals surface area (Å²) in [5.74, 6) is -2.22. The van der Waals surface area contributed by atoms with Crippen LogP contribution in [0.1, 0.15) is 24.2 Å². The summed E-state index contributed by atoms with van der Waals surface area (Å²) in [5.41, 5.74) is 3.73. The van der Waals surface area contributed by atoms with Gasteiger partial charge in [0.05, 0.1) is 24.5 Å². The Morgan fingerprint density at radius 2 is 1.62 bits per heavy atom. The van der Waals surface area contributed by atoms with Crippen LogP contribution in [0.5, 0.6) is 5.75 Å². The summed E-state index contributed by atoms with van der Waals surface area (Å²) in [7, 11) is 0. The van der Waals surface area contributed by atoms with Crippen LogP contribution < -0.4 is 20.2 Å². The lowest BCUT2D eigenvalue weighted by atomic mass is 10.0. The minimum absolute atomic E-state index is 0.0884. The van der Waals surface area contributed by atoms with Crippen molar-refractivity contribution in [1.82, 2.24) is 24.1 Å². The van der Waals surface area contributed by atoms with Crippen molar-refractivity contribution >= 4 is 34.0 Å². The molecule has 3 aromatic carbocycles. The number of rotatable bonds is 11. The van der Waals surface area contributed by atoms with Crippen molar-refractivity contribution in [2.45, 2.75) is 38.3 Å². The summed E-state index contributed by atoms with van der Waals surface area (Å²) < 4.78 is 52.7. The molecular weight excluding hydrogens is 759 g/mol. The smallest absolute Gasteiger partial charge is 0.350 e. The van der Waals surface area contributed by atoms with Gasteiger partial charge in [0, 0.05) is 65.8 Å². The van der Waals surface area contributed by atoms with Crippen molar-refractivity contribution in [2.75, 3.05) is 53.6 Å². The molecule has 0 aliphatic carbocycles. The standard InChI is InChI=1S/C36H38F2IN7O4/c1-25-13-14-44(41-25)23-36(33-12-3-27(37)19-34(33)38)49-22-32(50-36)21-48-31-10-8-29(9-11-31)43-17-15-42(16-18-43)28-4-6-30(7-5-28)46-35(47)45(24-40-46)26(2)20-39/h3-14,19,24,26,32H,15-18,20-23H2,1-2H3. The van der Waals surface area contributed by atoms with Gasteiger partial charge in [0.1, 0.15) is 36.4 Å². The Balaban J connectivity index is 0.929. The molecule has 4 heterocycles. The lowest BCUT2D eigenvalue weighted by Crippen LogP contribution is -2.46. The van der Waals surface area contributed by atoms with Gasteiger partial charge in [-0.25, -0.2) is 13.6 Å². The second-order valence-corrected chi connectivity index (χ2v) is 13.5. The number of piperazine rings is 1. The summed E-state index contributed by atoms with van der Waals surface area (Å²) in [6.45, 7) is 7.73. The number of aromatic nitrogens is 5. The van der Waals surface area contributed by atoms with Crippen LogP contribution in [-0.2, 0) is 21.8 Å². The van der Waals surface area contributed by atoms with Crippen LogP contribution in [0.2, 0.25) is 0 Å². The third-order valence-electron chi connectivity index (χ3n) is 9.11. The number of ether oxygens (including phenoxy) is 3. The zero-order valence-corrected chi connectivity index (χ0v) is 29.9. The molecular formula is C36H38F2IN7O4. The molecule has 2 aliphatic heterocycles. The van der Waals surface area contributed by atoms with E-state index in [4.69, 9.17) is 14.2 Å². The summed E-state index contributed by atoms with van der Waals surface area (Å²) >= 11 is 2.27. The Hall–Kier alpha value is -4.28. The highest BCUT2D eigenvalue weighted by Crippen LogP contribution is 2.38. The molecule has 3 atom stereocenters. The van der Waals surface area contributed by atoms with Gasteiger partial charge in [0.15, 0.2) is 0 Å². The van der Waals surface area contributed by atoms with E-state index in [9.17, 15) is 13.6 Å². The second-order valence-electron chi connectivity index (χ2n) is 12.6. The molecule has 3 unspecified atom stereocenters. The first-order valence-electron chi connectivity index (χ1n) is 16.5. The molecule has 2 fully saturated rings. The van der Waals surface area contributed by atoms with E-state index in [2.05, 4.69) is 42.6 Å². The maximum atomic E-state index is 15.0. The van der Waals surface area contributed by atoms with Crippen molar-refractivity contribution in [1.29, 1.82) is 0 Å². The topological polar surface area (TPSA) is 91.8 Å². The number of aryl methyl sites for hydroxylation is 1. The molecule has 5 aromatic rings. The van der Waals surface area contributed by atoms with Crippen LogP contribution in [-0.4, -0.2) is 74.1 Å². The van der Waals surface area contributed by atoms with E-state index in [1.54, 1.807) is 21.8 Å². The zero-order chi connectivity index (χ0) is 34.8. The van der Waals surface area contributed by atoms with Crippen LogP contribution in [0.4, 0.5) is 20.2 Å². The van der Waals surface area contributed by atoms with Gasteiger partial charge in [-0.3, -0.25) is 9.25 Å². The van der Waals surface area contributed by atoms with Crippen LogP contribution in [0, 0.1) is 18.6 Å². The molecule has 0 amide bonds. The SMILES string of the molecule is Cc1ccn(CC2(c3ccc(F)cc3F)OCC(COc3ccc(N4CCN(c5ccc(-n6ncn(C(C)CI)c6=O)cc5)CC4)cc3)O2)n1. The van der Waals surface area contributed by atoms with E-state index in [-0.39, 0.29) is 37.1 Å². The lowest BCUT2D eigenvalue weighted by Gasteiger charge is -2.37. The Morgan fingerprint density at radius 3 is 2.24 bits per heavy atom. The fourth-order valence-electron chi connectivity index (χ4n) is 6.36. The van der Waals surface area contributed by atoms with E-state index in [0.717, 1.165) is 59.4 Å². The molecule has 0 radical (unpaired) electrons. The molecule has 50 heavy (non-hydrogen) atoms. The number of benzene rings is 3. The van der Waals surface area contributed by atoms with Gasteiger partial charge < -0.3 is 24.0 Å². The predicted molar refractivity (Wildman–Crippen MR) is 194 cm³/mol. The fraction of sp³-hybridized carbons (Fsp3) is 0.361. The van der Waals surface area contributed by atoms with Gasteiger partial charge in [-0.05, 0) is 80.6 Å². The molecule has 0 N–H and O–H groups in total. The normalized spacial score (nSPS) is 20.0. The van der Waals surface area contributed by atoms with E-state index in [0.29, 0.717) is 5.75 Å². The minimum Gasteiger partial charge on any atom is -0.491 e. The van der Waals surface area contributed by atoms with Gasteiger partial charge in [-0.1, -0.05) is 22.6 Å². The first-order chi connectivity index (χ1) is 24.2. The molecule has 7 rings (SSSR count). The number of hydrogen-bond donors (Lipinski definition) is 0. The summed E-state index contributed by atoms with van der Waals surface area (Å²) in [6, 6.07) is 21.2. The third-order valence-corrected chi connectivity index (χ3v) is 10.4. The highest BCUT2D eigenvalue weighted by molar-refractivity contribution is 14.1. The van der Waals surface area contributed by atoms with Crippen molar-refractivity contribution < 1.29 is 23.0 Å². The molecule has 0 saturated carbocycles. The van der Waals surface area contributed by atoms with Crippen LogP contribution >= 0.6 is 22.6 Å². The highest BCUT2D eigenvalue weighted by Gasteiger charge is 2.46. The summed E-state index contributed by atoms with van der Waals surface area (Å²) in [4.78, 5) is 17.5. The average molecular weight is 798 g/mol. The Labute approximate surface area is 302 Å². The van der Waals surface area contributed by atoms with Gasteiger partial charge in [-0.2, -0.15) is 14.9 Å². The average Bonchev–Trinajstić information content (AvgIpc) is 3.85. The molecule has 262 valence electrons. The fourth-order valence-corrected chi connectivity index (χ4v) is 6.78. The number of anilines is 2. The molecule has 2 aromatic heterocycles. The molecule has 0 spiro atoms. The Kier molecular flexibility index (Phi) is 9.93. The van der Waals surface area contributed by atoms with E-state index < -0.39 is 23.5 Å². The van der Waals surface area contributed by atoms with Gasteiger partial charge in [-0.15, -0.1) is 0 Å². The second kappa shape index (κ2) is 14.5. The number of alkyl halides is 1. The lowest BCUT2D eigenvalue weighted by molar-refractivity contribution is -0.192. The highest BCUT2D eigenvalue weighted by atomic mass is 127. The molecule has 2 aliphatic rings. The molecule has 14 heteroatoms. The molecule has 2 saturated heterocycles. The third kappa shape index (κ3) is 7.14. The Bertz CT molecular complexity index is 1980. The first-order valence-corrected chi connectivity index (χ1v) is 18.1. The van der Waals surface area contributed by atoms with E-state index in [1.807, 2.05) is 68.4 Å². The summed E-state index contributed by atoms with van der Waals surface area (Å²) in [5, 5.41) is 8.72. The Morgan fingerprint density at radius 1 is 0.960 bits per heavy atom. The van der Waals surface area contributed by atoms with Crippen LogP contribution in [0.15, 0.2) is 90.1 Å². The zero-order valence-electron chi connectivity index (χ0n) is 27.8. The van der Waals surface area contributed by atoms with Gasteiger partial charge in [0.25, 0.3) is 0 Å². The van der Waals surface area contributed by atoms with Gasteiger partial charge >= 0.3 is 5.69 Å². The number of nitrogens with zero attached hydrogens (tertiary/aromatic N) is 7. The largest absolute Gasteiger partial charge is 0.491 e. The van der Waals surface area contributed by atoms with Crippen molar-refractivity contribution in [3.8, 4) is 11.4 Å². The summed E-state index contributed by atoms with van der Waals surface area (Å²) in [6.07, 6.45) is 2.89. The number of hydrogen-bond acceptors (Lipinski definition) is 8. The monoisotopic (exact) mass is 797 g/mol. The van der Waals surface area contributed by atoms with Crippen LogP contribution in [0.3, 0.4) is 0 Å². The molecule has 11 nitrogen and oxygen atoms in total. The maximum absolute atomic E-state index is 15.0. The van der Waals surface area contributed by atoms with E-state index >= 15 is 0 Å². The first kappa shape index (κ1) is 34.2. The van der Waals surface area contributed by atoms with Gasteiger partial charge in [0.2, 0.25) is 5.79 Å².